The maximum absolute atomic E-state index is 9.57. The van der Waals surface area contributed by atoms with Crippen LogP contribution in [0.2, 0.25) is 0 Å². The molecular formula is C5H11ClO2. The van der Waals surface area contributed by atoms with Crippen molar-refractivity contribution in [1.29, 1.82) is 0 Å². The van der Waals surface area contributed by atoms with Gasteiger partial charge in [0.25, 0.3) is 0 Å². The van der Waals surface area contributed by atoms with Gasteiger partial charge in [0.1, 0.15) is 5.38 Å². The molecule has 0 aliphatic carbocycles. The van der Waals surface area contributed by atoms with Gasteiger partial charge in [0.15, 0.2) is 0 Å². The Bertz CT molecular complexity index is 61.4. The third kappa shape index (κ3) is 9.23. The van der Waals surface area contributed by atoms with Crippen molar-refractivity contribution in [2.75, 3.05) is 0 Å². The fourth-order valence-electron chi connectivity index (χ4n) is 0. The van der Waals surface area contributed by atoms with Crippen LogP contribution in [-0.2, 0) is 4.79 Å². The van der Waals surface area contributed by atoms with E-state index in [1.54, 1.807) is 0 Å². The molecule has 8 heavy (non-hydrogen) atoms. The van der Waals surface area contributed by atoms with Gasteiger partial charge < -0.3 is 5.11 Å². The van der Waals surface area contributed by atoms with Crippen LogP contribution in [-0.4, -0.2) is 16.5 Å². The standard InChI is InChI=1S/C3H5ClO2.C2H6/c1-2(4)3(5)6;1-2/h2H,1H3,(H,5,6);1-2H3. The average molecular weight is 139 g/mol. The summed E-state index contributed by atoms with van der Waals surface area (Å²) in [4.78, 5) is 9.57. The second-order valence-corrected chi connectivity index (χ2v) is 1.61. The lowest BCUT2D eigenvalue weighted by molar-refractivity contribution is -0.136. The summed E-state index contributed by atoms with van der Waals surface area (Å²) in [7, 11) is 0. The molecule has 0 aliphatic rings. The number of rotatable bonds is 1. The lowest BCUT2D eigenvalue weighted by Crippen LogP contribution is -2.06. The highest BCUT2D eigenvalue weighted by molar-refractivity contribution is 6.29. The minimum absolute atomic E-state index is 0.759. The number of halogens is 1. The second-order valence-electron chi connectivity index (χ2n) is 0.954. The molecular weight excluding hydrogens is 128 g/mol. The highest BCUT2D eigenvalue weighted by Crippen LogP contribution is 1.89. The van der Waals surface area contributed by atoms with Crippen LogP contribution in [0.3, 0.4) is 0 Å². The number of hydrogen-bond acceptors (Lipinski definition) is 1. The zero-order valence-corrected chi connectivity index (χ0v) is 6.07. The van der Waals surface area contributed by atoms with Gasteiger partial charge in [0, 0.05) is 0 Å². The van der Waals surface area contributed by atoms with E-state index in [9.17, 15) is 4.79 Å². The monoisotopic (exact) mass is 138 g/mol. The third-order valence-electron chi connectivity index (χ3n) is 0.340. The van der Waals surface area contributed by atoms with Crippen LogP contribution in [0.5, 0.6) is 0 Å². The van der Waals surface area contributed by atoms with Crippen LogP contribution in [0.25, 0.3) is 0 Å². The van der Waals surface area contributed by atoms with Gasteiger partial charge in [-0.25, -0.2) is 0 Å². The van der Waals surface area contributed by atoms with Crippen LogP contribution < -0.4 is 0 Å². The first-order valence-corrected chi connectivity index (χ1v) is 2.95. The highest BCUT2D eigenvalue weighted by atomic mass is 35.5. The Hall–Kier alpha value is -0.240. The Labute approximate surface area is 54.5 Å². The normalized spacial score (nSPS) is 11.0. The molecule has 0 saturated carbocycles. The van der Waals surface area contributed by atoms with E-state index >= 15 is 0 Å². The molecule has 0 saturated heterocycles. The Balaban J connectivity index is 0. The number of carboxylic acid groups (broad SMARTS) is 1. The molecule has 1 N–H and O–H groups in total. The van der Waals surface area contributed by atoms with E-state index in [0.717, 1.165) is 0 Å². The first-order chi connectivity index (χ1) is 3.64. The van der Waals surface area contributed by atoms with Gasteiger partial charge in [-0.3, -0.25) is 4.79 Å². The second kappa shape index (κ2) is 6.76. The van der Waals surface area contributed by atoms with Crippen molar-refractivity contribution in [2.45, 2.75) is 26.1 Å². The minimum Gasteiger partial charge on any atom is -0.480 e. The molecule has 0 amide bonds. The van der Waals surface area contributed by atoms with E-state index in [4.69, 9.17) is 16.7 Å². The van der Waals surface area contributed by atoms with Crippen LogP contribution in [0, 0.1) is 0 Å². The molecule has 1 atom stereocenters. The third-order valence-corrected chi connectivity index (χ3v) is 0.527. The fourth-order valence-corrected chi connectivity index (χ4v) is 0. The summed E-state index contributed by atoms with van der Waals surface area (Å²) in [6.07, 6.45) is 0. The molecule has 0 aromatic rings. The summed E-state index contributed by atoms with van der Waals surface area (Å²) >= 11 is 5.01. The number of carbonyl (C=O) groups is 1. The van der Waals surface area contributed by atoms with E-state index < -0.39 is 11.3 Å². The van der Waals surface area contributed by atoms with Crippen LogP contribution >= 0.6 is 11.6 Å². The van der Waals surface area contributed by atoms with E-state index in [2.05, 4.69) is 0 Å². The molecule has 0 spiro atoms. The van der Waals surface area contributed by atoms with Gasteiger partial charge in [-0.05, 0) is 6.92 Å². The molecule has 0 fully saturated rings. The summed E-state index contributed by atoms with van der Waals surface area (Å²) in [5.74, 6) is -0.975. The van der Waals surface area contributed by atoms with Crippen molar-refractivity contribution in [2.24, 2.45) is 0 Å². The molecule has 0 heterocycles. The Kier molecular flexibility index (Phi) is 9.03. The first-order valence-electron chi connectivity index (χ1n) is 2.51. The topological polar surface area (TPSA) is 37.3 Å². The van der Waals surface area contributed by atoms with Gasteiger partial charge in [0.2, 0.25) is 0 Å². The average Bonchev–Trinajstić information content (AvgIpc) is 1.72. The zero-order valence-electron chi connectivity index (χ0n) is 5.31. The molecule has 0 bridgehead atoms. The predicted molar refractivity (Wildman–Crippen MR) is 34.3 cm³/mol. The number of alkyl halides is 1. The summed E-state index contributed by atoms with van der Waals surface area (Å²) in [5.41, 5.74) is 0. The van der Waals surface area contributed by atoms with E-state index in [1.165, 1.54) is 6.92 Å². The molecule has 0 radical (unpaired) electrons. The SMILES string of the molecule is CC.CC(Cl)C(=O)O. The Morgan fingerprint density at radius 2 is 1.75 bits per heavy atom. The maximum atomic E-state index is 9.57. The smallest absolute Gasteiger partial charge is 0.321 e. The molecule has 50 valence electrons. The Morgan fingerprint density at radius 1 is 1.62 bits per heavy atom. The van der Waals surface area contributed by atoms with Gasteiger partial charge in [-0.15, -0.1) is 11.6 Å². The summed E-state index contributed by atoms with van der Waals surface area (Å²) < 4.78 is 0. The maximum Gasteiger partial charge on any atom is 0.321 e. The first kappa shape index (κ1) is 10.7. The van der Waals surface area contributed by atoms with E-state index in [0.29, 0.717) is 0 Å². The number of hydrogen-bond donors (Lipinski definition) is 1. The molecule has 0 aliphatic heterocycles. The number of carboxylic acids is 1. The zero-order chi connectivity index (χ0) is 7.15. The van der Waals surface area contributed by atoms with Gasteiger partial charge in [-0.1, -0.05) is 13.8 Å². The van der Waals surface area contributed by atoms with Crippen LogP contribution in [0.1, 0.15) is 20.8 Å². The highest BCUT2D eigenvalue weighted by Gasteiger charge is 2.02. The lowest BCUT2D eigenvalue weighted by atomic mass is 10.5. The quantitative estimate of drug-likeness (QED) is 0.561. The van der Waals surface area contributed by atoms with E-state index in [1.807, 2.05) is 13.8 Å². The molecule has 0 aromatic carbocycles. The summed E-state index contributed by atoms with van der Waals surface area (Å²) in [6.45, 7) is 5.41. The van der Waals surface area contributed by atoms with Crippen LogP contribution in [0.4, 0.5) is 0 Å². The molecule has 0 aromatic heterocycles. The summed E-state index contributed by atoms with van der Waals surface area (Å²) in [6, 6.07) is 0. The Morgan fingerprint density at radius 3 is 1.75 bits per heavy atom. The van der Waals surface area contributed by atoms with E-state index in [-0.39, 0.29) is 0 Å². The summed E-state index contributed by atoms with van der Waals surface area (Å²) in [5, 5.41) is 7.10. The van der Waals surface area contributed by atoms with Crippen LogP contribution in [0.15, 0.2) is 0 Å². The molecule has 3 heteroatoms. The molecule has 2 nitrogen and oxygen atoms in total. The predicted octanol–water partition coefficient (Wildman–Crippen LogP) is 1.72. The molecule has 1 unspecified atom stereocenters. The van der Waals surface area contributed by atoms with Crippen molar-refractivity contribution in [3.8, 4) is 0 Å². The largest absolute Gasteiger partial charge is 0.480 e. The van der Waals surface area contributed by atoms with Crippen molar-refractivity contribution >= 4 is 17.6 Å². The lowest BCUT2D eigenvalue weighted by Gasteiger charge is -1.86. The van der Waals surface area contributed by atoms with Gasteiger partial charge >= 0.3 is 5.97 Å². The minimum atomic E-state index is -0.975. The van der Waals surface area contributed by atoms with Crippen molar-refractivity contribution in [3.05, 3.63) is 0 Å². The fraction of sp³-hybridized carbons (Fsp3) is 0.800. The number of aliphatic carboxylic acids is 1. The van der Waals surface area contributed by atoms with Gasteiger partial charge in [-0.2, -0.15) is 0 Å². The van der Waals surface area contributed by atoms with Crippen molar-refractivity contribution in [1.82, 2.24) is 0 Å². The van der Waals surface area contributed by atoms with Gasteiger partial charge in [0.05, 0.1) is 0 Å². The van der Waals surface area contributed by atoms with Crippen molar-refractivity contribution < 1.29 is 9.90 Å². The molecule has 0 rings (SSSR count). The van der Waals surface area contributed by atoms with Crippen molar-refractivity contribution in [3.63, 3.8) is 0 Å².